The Morgan fingerprint density at radius 1 is 1.29 bits per heavy atom. The maximum absolute atomic E-state index is 11.6. The van der Waals surface area contributed by atoms with Crippen molar-refractivity contribution in [2.24, 2.45) is 0 Å². The van der Waals surface area contributed by atoms with Crippen LogP contribution >= 0.6 is 11.6 Å². The zero-order chi connectivity index (χ0) is 14.8. The minimum absolute atomic E-state index is 0. The number of quaternary nitrogens is 1. The Bertz CT molecular complexity index is 476. The van der Waals surface area contributed by atoms with E-state index in [0.717, 1.165) is 11.0 Å². The van der Waals surface area contributed by atoms with Crippen LogP contribution in [0, 0.1) is 0 Å². The first kappa shape index (κ1) is 18.5. The van der Waals surface area contributed by atoms with Gasteiger partial charge >= 0.3 is 6.09 Å². The molecule has 0 aliphatic carbocycles. The molecule has 1 aliphatic heterocycles. The second kappa shape index (κ2) is 7.62. The molecule has 21 heavy (non-hydrogen) atoms. The summed E-state index contributed by atoms with van der Waals surface area (Å²) in [6, 6.07) is 6.85. The molecular weight excluding hydrogens is 407 g/mol. The van der Waals surface area contributed by atoms with Crippen molar-refractivity contribution < 1.29 is 42.7 Å². The number of halogens is 2. The number of nitrogens with zero attached hydrogens (tertiary/aromatic N) is 1. The normalized spacial score (nSPS) is 20.4. The lowest BCUT2D eigenvalue weighted by Crippen LogP contribution is -3.00. The van der Waals surface area contributed by atoms with E-state index in [1.54, 1.807) is 24.3 Å². The van der Waals surface area contributed by atoms with E-state index in [-0.39, 0.29) is 42.8 Å². The quantitative estimate of drug-likeness (QED) is 0.387. The van der Waals surface area contributed by atoms with E-state index < -0.39 is 6.09 Å². The van der Waals surface area contributed by atoms with E-state index in [2.05, 4.69) is 26.5 Å². The lowest BCUT2D eigenvalue weighted by molar-refractivity contribution is -0.870. The number of anilines is 1. The summed E-state index contributed by atoms with van der Waals surface area (Å²) in [4.78, 5) is 11.6. The molecule has 2 rings (SSSR count). The standard InChI is InChI=1S/C14H19ClN2O3.HI/c1-17(2,3)8-12-13(20-12)9-19-14(18)16-11-6-4-10(15)5-7-11;/h4-7,12-13H,8-9H2,1-3H3;1H/t12-,13+;/m1./s1. The van der Waals surface area contributed by atoms with Crippen LogP contribution in [-0.4, -0.2) is 57.1 Å². The topological polar surface area (TPSA) is 50.9 Å². The van der Waals surface area contributed by atoms with E-state index in [1.165, 1.54) is 0 Å². The molecule has 118 valence electrons. The Kier molecular flexibility index (Phi) is 6.71. The molecule has 1 heterocycles. The zero-order valence-electron chi connectivity index (χ0n) is 12.3. The summed E-state index contributed by atoms with van der Waals surface area (Å²) in [6.07, 6.45) is -0.284. The van der Waals surface area contributed by atoms with E-state index in [9.17, 15) is 4.79 Å². The third-order valence-electron chi connectivity index (χ3n) is 2.88. The minimum Gasteiger partial charge on any atom is -1.00 e. The summed E-state index contributed by atoms with van der Waals surface area (Å²) in [5.41, 5.74) is 0.652. The Hall–Kier alpha value is -0.570. The fourth-order valence-electron chi connectivity index (χ4n) is 1.87. The van der Waals surface area contributed by atoms with Crippen LogP contribution in [0.15, 0.2) is 24.3 Å². The van der Waals surface area contributed by atoms with Gasteiger partial charge in [0.2, 0.25) is 0 Å². The molecule has 5 nitrogen and oxygen atoms in total. The Labute approximate surface area is 147 Å². The average Bonchev–Trinajstić information content (AvgIpc) is 3.05. The van der Waals surface area contributed by atoms with Crippen LogP contribution in [0.3, 0.4) is 0 Å². The maximum atomic E-state index is 11.6. The predicted octanol–water partition coefficient (Wildman–Crippen LogP) is -0.634. The average molecular weight is 427 g/mol. The summed E-state index contributed by atoms with van der Waals surface area (Å²) in [5, 5.41) is 3.26. The Morgan fingerprint density at radius 2 is 1.90 bits per heavy atom. The first-order chi connectivity index (χ1) is 9.33. The Balaban J connectivity index is 0.00000220. The van der Waals surface area contributed by atoms with Crippen molar-refractivity contribution in [3.05, 3.63) is 29.3 Å². The molecule has 1 amide bonds. The number of amides is 1. The number of carbonyl (C=O) groups is 1. The molecule has 1 fully saturated rings. The number of benzene rings is 1. The monoisotopic (exact) mass is 426 g/mol. The molecule has 0 spiro atoms. The van der Waals surface area contributed by atoms with Crippen LogP contribution in [0.4, 0.5) is 10.5 Å². The number of ether oxygens (including phenoxy) is 2. The molecule has 1 aromatic carbocycles. The molecule has 1 aromatic rings. The van der Waals surface area contributed by atoms with Crippen LogP contribution in [-0.2, 0) is 9.47 Å². The molecule has 0 radical (unpaired) electrons. The van der Waals surface area contributed by atoms with E-state index >= 15 is 0 Å². The SMILES string of the molecule is C[N+](C)(C)C[C@H]1O[C@H]1COC(=O)Nc1ccc(Cl)cc1.[I-]. The summed E-state index contributed by atoms with van der Waals surface area (Å²) in [7, 11) is 6.31. The van der Waals surface area contributed by atoms with Crippen LogP contribution < -0.4 is 29.3 Å². The Morgan fingerprint density at radius 3 is 2.48 bits per heavy atom. The van der Waals surface area contributed by atoms with Crippen LogP contribution in [0.1, 0.15) is 0 Å². The van der Waals surface area contributed by atoms with Gasteiger partial charge in [-0.1, -0.05) is 11.6 Å². The van der Waals surface area contributed by atoms with Gasteiger partial charge in [0.25, 0.3) is 0 Å². The number of nitrogens with one attached hydrogen (secondary N) is 1. The smallest absolute Gasteiger partial charge is 0.411 e. The van der Waals surface area contributed by atoms with E-state index in [4.69, 9.17) is 21.1 Å². The van der Waals surface area contributed by atoms with Crippen molar-refractivity contribution in [1.82, 2.24) is 0 Å². The van der Waals surface area contributed by atoms with Gasteiger partial charge in [0, 0.05) is 10.7 Å². The second-order valence-corrected chi connectivity index (χ2v) is 6.35. The van der Waals surface area contributed by atoms with Crippen molar-refractivity contribution in [2.75, 3.05) is 39.6 Å². The van der Waals surface area contributed by atoms with E-state index in [1.807, 2.05) is 0 Å². The second-order valence-electron chi connectivity index (χ2n) is 5.92. The number of hydrogen-bond acceptors (Lipinski definition) is 3. The fraction of sp³-hybridized carbons (Fsp3) is 0.500. The van der Waals surface area contributed by atoms with Crippen LogP contribution in [0.2, 0.25) is 5.02 Å². The molecule has 2 atom stereocenters. The molecule has 0 bridgehead atoms. The fourth-order valence-corrected chi connectivity index (χ4v) is 2.00. The highest BCUT2D eigenvalue weighted by Gasteiger charge is 2.43. The van der Waals surface area contributed by atoms with Gasteiger partial charge in [-0.05, 0) is 24.3 Å². The highest BCUT2D eigenvalue weighted by Crippen LogP contribution is 2.24. The van der Waals surface area contributed by atoms with Gasteiger partial charge in [-0.2, -0.15) is 0 Å². The van der Waals surface area contributed by atoms with Crippen molar-refractivity contribution in [3.8, 4) is 0 Å². The lowest BCUT2D eigenvalue weighted by atomic mass is 10.3. The minimum atomic E-state index is -0.480. The van der Waals surface area contributed by atoms with Gasteiger partial charge in [-0.15, -0.1) is 0 Å². The third kappa shape index (κ3) is 6.82. The molecule has 1 N–H and O–H groups in total. The van der Waals surface area contributed by atoms with Gasteiger partial charge < -0.3 is 37.9 Å². The van der Waals surface area contributed by atoms with Gasteiger partial charge in [-0.3, -0.25) is 5.32 Å². The molecule has 0 saturated carbocycles. The lowest BCUT2D eigenvalue weighted by Gasteiger charge is -2.22. The number of epoxide rings is 1. The largest absolute Gasteiger partial charge is 1.00 e. The van der Waals surface area contributed by atoms with Crippen molar-refractivity contribution in [3.63, 3.8) is 0 Å². The van der Waals surface area contributed by atoms with E-state index in [0.29, 0.717) is 10.7 Å². The molecule has 7 heteroatoms. The third-order valence-corrected chi connectivity index (χ3v) is 3.14. The van der Waals surface area contributed by atoms with Crippen molar-refractivity contribution in [2.45, 2.75) is 12.2 Å². The zero-order valence-corrected chi connectivity index (χ0v) is 15.2. The number of likely N-dealkylation sites (N-methyl/N-ethyl adjacent to an activating group) is 1. The summed E-state index contributed by atoms with van der Waals surface area (Å²) < 4.78 is 11.4. The van der Waals surface area contributed by atoms with Crippen LogP contribution in [0.25, 0.3) is 0 Å². The number of rotatable bonds is 5. The first-order valence-electron chi connectivity index (χ1n) is 6.49. The van der Waals surface area contributed by atoms with Gasteiger partial charge in [-0.25, -0.2) is 4.79 Å². The number of hydrogen-bond donors (Lipinski definition) is 1. The van der Waals surface area contributed by atoms with Crippen molar-refractivity contribution >= 4 is 23.4 Å². The van der Waals surface area contributed by atoms with Gasteiger partial charge in [0.1, 0.15) is 25.4 Å². The molecule has 0 aromatic heterocycles. The maximum Gasteiger partial charge on any atom is 0.411 e. The molecule has 1 saturated heterocycles. The van der Waals surface area contributed by atoms with Gasteiger partial charge in [0.05, 0.1) is 21.1 Å². The number of carbonyl (C=O) groups excluding carboxylic acids is 1. The summed E-state index contributed by atoms with van der Waals surface area (Å²) >= 11 is 5.77. The molecule has 1 aliphatic rings. The first-order valence-corrected chi connectivity index (χ1v) is 6.86. The predicted molar refractivity (Wildman–Crippen MR) is 78.0 cm³/mol. The highest BCUT2D eigenvalue weighted by atomic mass is 127. The van der Waals surface area contributed by atoms with Gasteiger partial charge in [0.15, 0.2) is 0 Å². The highest BCUT2D eigenvalue weighted by molar-refractivity contribution is 6.30. The molecular formula is C14H20ClIN2O3. The van der Waals surface area contributed by atoms with Crippen molar-refractivity contribution in [1.29, 1.82) is 0 Å². The van der Waals surface area contributed by atoms with Crippen LogP contribution in [0.5, 0.6) is 0 Å². The molecule has 0 unspecified atom stereocenters. The summed E-state index contributed by atoms with van der Waals surface area (Å²) in [6.45, 7) is 1.19. The summed E-state index contributed by atoms with van der Waals surface area (Å²) in [5.74, 6) is 0.